The van der Waals surface area contributed by atoms with Crippen LogP contribution in [0.1, 0.15) is 27.0 Å². The molecule has 6 heteroatoms. The largest absolute Gasteiger partial charge is 0.496 e. The van der Waals surface area contributed by atoms with Crippen LogP contribution in [0.3, 0.4) is 0 Å². The van der Waals surface area contributed by atoms with Gasteiger partial charge >= 0.3 is 0 Å². The van der Waals surface area contributed by atoms with Crippen molar-refractivity contribution < 1.29 is 14.3 Å². The molecule has 0 saturated carbocycles. The van der Waals surface area contributed by atoms with Crippen molar-refractivity contribution in [2.24, 2.45) is 7.05 Å². The van der Waals surface area contributed by atoms with Gasteiger partial charge in [-0.2, -0.15) is 0 Å². The summed E-state index contributed by atoms with van der Waals surface area (Å²) in [4.78, 5) is 17.0. The first-order valence-electron chi connectivity index (χ1n) is 8.36. The second-order valence-corrected chi connectivity index (χ2v) is 6.30. The first-order valence-corrected chi connectivity index (χ1v) is 8.36. The minimum atomic E-state index is -0.139. The second-order valence-electron chi connectivity index (χ2n) is 6.30. The van der Waals surface area contributed by atoms with Gasteiger partial charge in [-0.3, -0.25) is 4.79 Å². The quantitative estimate of drug-likeness (QED) is 0.765. The summed E-state index contributed by atoms with van der Waals surface area (Å²) in [7, 11) is 5.19. The van der Waals surface area contributed by atoms with Crippen LogP contribution in [0.2, 0.25) is 0 Å². The maximum atomic E-state index is 12.7. The van der Waals surface area contributed by atoms with Crippen molar-refractivity contribution in [2.75, 3.05) is 14.2 Å². The van der Waals surface area contributed by atoms with Crippen LogP contribution in [-0.2, 0) is 13.6 Å². The number of amides is 1. The fourth-order valence-electron chi connectivity index (χ4n) is 3.35. The fourth-order valence-corrected chi connectivity index (χ4v) is 3.35. The third-order valence-electron chi connectivity index (χ3n) is 4.51. The molecule has 3 aromatic rings. The lowest BCUT2D eigenvalue weighted by Crippen LogP contribution is -2.23. The predicted molar refractivity (Wildman–Crippen MR) is 101 cm³/mol. The SMILES string of the molecule is COc1ccc2ncn(C)c2c1CNC(=O)c1cc(C)c(OC)c(C)c1. The molecule has 0 radical (unpaired) electrons. The Kier molecular flexibility index (Phi) is 4.84. The van der Waals surface area contributed by atoms with Gasteiger partial charge in [0.15, 0.2) is 0 Å². The molecule has 0 atom stereocenters. The van der Waals surface area contributed by atoms with Crippen molar-refractivity contribution in [3.8, 4) is 11.5 Å². The third-order valence-corrected chi connectivity index (χ3v) is 4.51. The van der Waals surface area contributed by atoms with Gasteiger partial charge in [0.05, 0.1) is 31.6 Å². The van der Waals surface area contributed by atoms with E-state index in [1.165, 1.54) is 0 Å². The monoisotopic (exact) mass is 353 g/mol. The minimum absolute atomic E-state index is 0.139. The molecule has 0 aliphatic heterocycles. The zero-order valence-corrected chi connectivity index (χ0v) is 15.7. The first-order chi connectivity index (χ1) is 12.5. The zero-order valence-electron chi connectivity index (χ0n) is 15.7. The molecule has 0 bridgehead atoms. The highest BCUT2D eigenvalue weighted by Crippen LogP contribution is 2.28. The van der Waals surface area contributed by atoms with Gasteiger partial charge in [-0.05, 0) is 49.2 Å². The van der Waals surface area contributed by atoms with Crippen molar-refractivity contribution in [2.45, 2.75) is 20.4 Å². The van der Waals surface area contributed by atoms with Gasteiger partial charge in [-0.1, -0.05) is 0 Å². The number of carbonyl (C=O) groups is 1. The standard InChI is InChI=1S/C20H23N3O3/c1-12-8-14(9-13(2)19(12)26-5)20(24)21-10-15-17(25-4)7-6-16-18(15)23(3)11-22-16/h6-9,11H,10H2,1-5H3,(H,21,24). The number of hydrogen-bond donors (Lipinski definition) is 1. The van der Waals surface area contributed by atoms with E-state index in [9.17, 15) is 4.79 Å². The fraction of sp³-hybridized carbons (Fsp3) is 0.300. The van der Waals surface area contributed by atoms with E-state index in [1.807, 2.05) is 49.7 Å². The molecule has 136 valence electrons. The van der Waals surface area contributed by atoms with Crippen molar-refractivity contribution in [1.82, 2.24) is 14.9 Å². The number of ether oxygens (including phenoxy) is 2. The first kappa shape index (κ1) is 17.8. The third kappa shape index (κ3) is 3.10. The number of hydrogen-bond acceptors (Lipinski definition) is 4. The lowest BCUT2D eigenvalue weighted by atomic mass is 10.0. The van der Waals surface area contributed by atoms with Gasteiger partial charge in [0.25, 0.3) is 5.91 Å². The van der Waals surface area contributed by atoms with Crippen LogP contribution in [0.15, 0.2) is 30.6 Å². The van der Waals surface area contributed by atoms with Crippen LogP contribution < -0.4 is 14.8 Å². The number of imidazole rings is 1. The van der Waals surface area contributed by atoms with Crippen molar-refractivity contribution in [1.29, 1.82) is 0 Å². The number of fused-ring (bicyclic) bond motifs is 1. The lowest BCUT2D eigenvalue weighted by Gasteiger charge is -2.14. The van der Waals surface area contributed by atoms with E-state index in [4.69, 9.17) is 9.47 Å². The van der Waals surface area contributed by atoms with Gasteiger partial charge < -0.3 is 19.4 Å². The predicted octanol–water partition coefficient (Wildman–Crippen LogP) is 3.14. The summed E-state index contributed by atoms with van der Waals surface area (Å²) in [6.07, 6.45) is 1.76. The van der Waals surface area contributed by atoms with Crippen LogP contribution in [0.4, 0.5) is 0 Å². The Balaban J connectivity index is 1.89. The summed E-state index contributed by atoms with van der Waals surface area (Å²) in [5, 5.41) is 2.99. The number of rotatable bonds is 5. The highest BCUT2D eigenvalue weighted by atomic mass is 16.5. The van der Waals surface area contributed by atoms with Crippen LogP contribution >= 0.6 is 0 Å². The molecule has 1 N–H and O–H groups in total. The highest BCUT2D eigenvalue weighted by molar-refractivity contribution is 5.95. The lowest BCUT2D eigenvalue weighted by molar-refractivity contribution is 0.0950. The Morgan fingerprint density at radius 1 is 1.15 bits per heavy atom. The number of methoxy groups -OCH3 is 2. The Labute approximate surface area is 152 Å². The van der Waals surface area contributed by atoms with Gasteiger partial charge in [-0.15, -0.1) is 0 Å². The van der Waals surface area contributed by atoms with Gasteiger partial charge in [0.2, 0.25) is 0 Å². The van der Waals surface area contributed by atoms with E-state index in [2.05, 4.69) is 10.3 Å². The summed E-state index contributed by atoms with van der Waals surface area (Å²) >= 11 is 0. The number of aryl methyl sites for hydroxylation is 3. The van der Waals surface area contributed by atoms with E-state index in [1.54, 1.807) is 20.5 Å². The van der Waals surface area contributed by atoms with Gasteiger partial charge in [0.1, 0.15) is 11.5 Å². The molecule has 2 aromatic carbocycles. The van der Waals surface area contributed by atoms with Crippen LogP contribution in [-0.4, -0.2) is 29.7 Å². The molecule has 1 aromatic heterocycles. The Bertz CT molecular complexity index is 953. The highest BCUT2D eigenvalue weighted by Gasteiger charge is 2.15. The zero-order chi connectivity index (χ0) is 18.8. The number of nitrogens with one attached hydrogen (secondary N) is 1. The molecule has 0 spiro atoms. The molecular weight excluding hydrogens is 330 g/mol. The Morgan fingerprint density at radius 2 is 1.85 bits per heavy atom. The Hall–Kier alpha value is -3.02. The molecule has 1 heterocycles. The van der Waals surface area contributed by atoms with Crippen LogP contribution in [0, 0.1) is 13.8 Å². The maximum absolute atomic E-state index is 12.7. The average molecular weight is 353 g/mol. The molecular formula is C20H23N3O3. The molecule has 0 fully saturated rings. The maximum Gasteiger partial charge on any atom is 0.251 e. The van der Waals surface area contributed by atoms with Crippen LogP contribution in [0.5, 0.6) is 11.5 Å². The van der Waals surface area contributed by atoms with Crippen molar-refractivity contribution >= 4 is 16.9 Å². The average Bonchev–Trinajstić information content (AvgIpc) is 3.00. The van der Waals surface area contributed by atoms with Crippen LogP contribution in [0.25, 0.3) is 11.0 Å². The normalized spacial score (nSPS) is 10.8. The molecule has 0 unspecified atom stereocenters. The molecule has 26 heavy (non-hydrogen) atoms. The van der Waals surface area contributed by atoms with Crippen molar-refractivity contribution in [3.63, 3.8) is 0 Å². The summed E-state index contributed by atoms with van der Waals surface area (Å²) in [6.45, 7) is 4.22. The summed E-state index contributed by atoms with van der Waals surface area (Å²) in [5.74, 6) is 1.39. The molecule has 1 amide bonds. The van der Waals surface area contributed by atoms with E-state index in [0.29, 0.717) is 12.1 Å². The van der Waals surface area contributed by atoms with E-state index in [0.717, 1.165) is 39.2 Å². The topological polar surface area (TPSA) is 65.4 Å². The summed E-state index contributed by atoms with van der Waals surface area (Å²) in [6, 6.07) is 7.46. The smallest absolute Gasteiger partial charge is 0.251 e. The van der Waals surface area contributed by atoms with E-state index >= 15 is 0 Å². The number of nitrogens with zero attached hydrogens (tertiary/aromatic N) is 2. The molecule has 0 aliphatic rings. The van der Waals surface area contributed by atoms with Gasteiger partial charge in [0, 0.05) is 24.7 Å². The molecule has 0 saturated heterocycles. The number of aromatic nitrogens is 2. The molecule has 3 rings (SSSR count). The number of carbonyl (C=O) groups excluding carboxylic acids is 1. The molecule has 0 aliphatic carbocycles. The van der Waals surface area contributed by atoms with E-state index in [-0.39, 0.29) is 5.91 Å². The summed E-state index contributed by atoms with van der Waals surface area (Å²) in [5.41, 5.74) is 5.20. The second kappa shape index (κ2) is 7.07. The van der Waals surface area contributed by atoms with Crippen molar-refractivity contribution in [3.05, 3.63) is 52.8 Å². The van der Waals surface area contributed by atoms with E-state index < -0.39 is 0 Å². The van der Waals surface area contributed by atoms with Gasteiger partial charge in [-0.25, -0.2) is 4.98 Å². The number of benzene rings is 2. The summed E-state index contributed by atoms with van der Waals surface area (Å²) < 4.78 is 12.8. The Morgan fingerprint density at radius 3 is 2.46 bits per heavy atom. The minimum Gasteiger partial charge on any atom is -0.496 e. The molecule has 6 nitrogen and oxygen atoms in total.